The van der Waals surface area contributed by atoms with Gasteiger partial charge in [-0.25, -0.2) is 14.8 Å². The highest BCUT2D eigenvalue weighted by molar-refractivity contribution is 7.85. The van der Waals surface area contributed by atoms with Crippen LogP contribution in [0.25, 0.3) is 0 Å². The van der Waals surface area contributed by atoms with E-state index < -0.39 is 33.9 Å². The quantitative estimate of drug-likeness (QED) is 0.108. The van der Waals surface area contributed by atoms with E-state index >= 15 is 4.39 Å². The van der Waals surface area contributed by atoms with Crippen LogP contribution in [0.4, 0.5) is 20.8 Å². The number of rotatable bonds is 12. The molecule has 6 N–H and O–H groups in total. The Morgan fingerprint density at radius 3 is 2.58 bits per heavy atom. The van der Waals surface area contributed by atoms with Crippen LogP contribution in [0.1, 0.15) is 50.8 Å². The first kappa shape index (κ1) is 34.6. The van der Waals surface area contributed by atoms with Crippen molar-refractivity contribution in [2.24, 2.45) is 11.8 Å². The Kier molecular flexibility index (Phi) is 13.6. The van der Waals surface area contributed by atoms with Crippen LogP contribution in [0.2, 0.25) is 0 Å². The van der Waals surface area contributed by atoms with Gasteiger partial charge in [-0.05, 0) is 32.1 Å². The first-order valence-corrected chi connectivity index (χ1v) is 16.3. The number of aryl methyl sites for hydroxylation is 1. The molecule has 1 aromatic rings. The van der Waals surface area contributed by atoms with Gasteiger partial charge in [0, 0.05) is 39.3 Å². The maximum absolute atomic E-state index is 15.4. The minimum Gasteiger partial charge on any atom is -0.465 e. The van der Waals surface area contributed by atoms with Gasteiger partial charge in [-0.15, -0.1) is 0 Å². The van der Waals surface area contributed by atoms with Crippen molar-refractivity contribution in [3.8, 4) is 0 Å². The molecule has 2 atom stereocenters. The molecule has 2 amide bonds. The number of halogens is 1. The number of carbonyl (C=O) groups is 2. The third-order valence-electron chi connectivity index (χ3n) is 7.76. The van der Waals surface area contributed by atoms with E-state index in [1.54, 1.807) is 6.92 Å². The second kappa shape index (κ2) is 16.8. The number of aliphatic hydroxyl groups is 1. The Morgan fingerprint density at radius 1 is 1.16 bits per heavy atom. The van der Waals surface area contributed by atoms with Gasteiger partial charge < -0.3 is 25.2 Å². The molecule has 2 aliphatic heterocycles. The molecule has 0 radical (unpaired) electrons. The summed E-state index contributed by atoms with van der Waals surface area (Å²) in [5, 5.41) is 19.5. The second-order valence-electron chi connectivity index (χ2n) is 11.1. The molecule has 17 heteroatoms. The van der Waals surface area contributed by atoms with Crippen molar-refractivity contribution >= 4 is 33.8 Å². The fourth-order valence-corrected chi connectivity index (χ4v) is 6.11. The van der Waals surface area contributed by atoms with Crippen molar-refractivity contribution in [2.45, 2.75) is 57.9 Å². The maximum Gasteiger partial charge on any atom is 0.404 e. The summed E-state index contributed by atoms with van der Waals surface area (Å²) in [6.45, 7) is 5.89. The number of anilines is 2. The zero-order valence-corrected chi connectivity index (χ0v) is 25.3. The molecular formula is C26H44FN7O8S. The van der Waals surface area contributed by atoms with Crippen molar-refractivity contribution in [1.29, 1.82) is 0 Å². The van der Waals surface area contributed by atoms with E-state index in [1.165, 1.54) is 0 Å². The number of aliphatic hydroxyl groups excluding tert-OH is 1. The number of morpholine rings is 1. The third-order valence-corrected chi connectivity index (χ3v) is 8.56. The number of hydrazine groups is 1. The Labute approximate surface area is 251 Å². The lowest BCUT2D eigenvalue weighted by Crippen LogP contribution is -2.58. The summed E-state index contributed by atoms with van der Waals surface area (Å²) in [6.07, 6.45) is 4.45. The monoisotopic (exact) mass is 633 g/mol. The van der Waals surface area contributed by atoms with Gasteiger partial charge in [-0.2, -0.15) is 12.8 Å². The fraction of sp³-hybridized carbons (Fsp3) is 0.769. The Hall–Kier alpha value is -2.86. The number of nitrogens with one attached hydrogen (secondary N) is 3. The van der Waals surface area contributed by atoms with Crippen LogP contribution in [-0.4, -0.2) is 114 Å². The van der Waals surface area contributed by atoms with Crippen molar-refractivity contribution in [1.82, 2.24) is 25.6 Å². The Morgan fingerprint density at radius 2 is 1.91 bits per heavy atom. The van der Waals surface area contributed by atoms with Crippen molar-refractivity contribution in [3.05, 3.63) is 11.6 Å². The Bertz CT molecular complexity index is 1170. The van der Waals surface area contributed by atoms with Gasteiger partial charge >= 0.3 is 6.09 Å². The molecule has 0 spiro atoms. The molecule has 2 saturated heterocycles. The molecule has 0 bridgehead atoms. The molecule has 4 rings (SSSR count). The largest absolute Gasteiger partial charge is 0.465 e. The third kappa shape index (κ3) is 11.6. The molecule has 3 heterocycles. The summed E-state index contributed by atoms with van der Waals surface area (Å²) < 4.78 is 49.0. The number of fused-ring (bicyclic) bond motifs is 1. The van der Waals surface area contributed by atoms with Crippen molar-refractivity contribution in [3.63, 3.8) is 0 Å². The topological polar surface area (TPSA) is 207 Å². The second-order valence-corrected chi connectivity index (χ2v) is 12.6. The molecule has 244 valence electrons. The average molecular weight is 634 g/mol. The van der Waals surface area contributed by atoms with Gasteiger partial charge in [0.15, 0.2) is 11.6 Å². The van der Waals surface area contributed by atoms with E-state index in [1.807, 2.05) is 4.90 Å². The predicted molar refractivity (Wildman–Crippen MR) is 156 cm³/mol. The van der Waals surface area contributed by atoms with Gasteiger partial charge in [-0.3, -0.25) is 25.1 Å². The number of hydrogen-bond donors (Lipinski definition) is 6. The van der Waals surface area contributed by atoms with E-state index in [2.05, 4.69) is 31.0 Å². The number of carboxylic acid groups (broad SMARTS) is 1. The highest BCUT2D eigenvalue weighted by Crippen LogP contribution is 2.30. The number of piperazine rings is 1. The van der Waals surface area contributed by atoms with E-state index in [0.29, 0.717) is 50.7 Å². The molecule has 15 nitrogen and oxygen atoms in total. The van der Waals surface area contributed by atoms with Gasteiger partial charge in [0.25, 0.3) is 10.1 Å². The minimum absolute atomic E-state index is 0.00359. The number of carbonyl (C=O) groups excluding carboxylic acids is 1. The molecule has 3 fully saturated rings. The minimum atomic E-state index is -3.81. The highest BCUT2D eigenvalue weighted by Gasteiger charge is 2.32. The van der Waals surface area contributed by atoms with Crippen LogP contribution >= 0.6 is 0 Å². The number of unbranched alkanes of at least 4 members (excludes halogenated alkanes) is 1. The maximum atomic E-state index is 15.4. The summed E-state index contributed by atoms with van der Waals surface area (Å²) in [4.78, 5) is 36.5. The van der Waals surface area contributed by atoms with Crippen LogP contribution in [-0.2, 0) is 19.6 Å². The lowest BCUT2D eigenvalue weighted by Gasteiger charge is -2.44. The zero-order chi connectivity index (χ0) is 31.4. The molecular weight excluding hydrogens is 589 g/mol. The van der Waals surface area contributed by atoms with E-state index in [9.17, 15) is 18.0 Å². The number of hydrogen-bond acceptors (Lipinski definition) is 11. The summed E-state index contributed by atoms with van der Waals surface area (Å²) >= 11 is 0. The zero-order valence-electron chi connectivity index (χ0n) is 24.5. The smallest absolute Gasteiger partial charge is 0.404 e. The van der Waals surface area contributed by atoms with Crippen LogP contribution in [0.3, 0.4) is 0 Å². The average Bonchev–Trinajstić information content (AvgIpc) is 3.48. The van der Waals surface area contributed by atoms with Crippen LogP contribution < -0.4 is 21.1 Å². The van der Waals surface area contributed by atoms with Crippen LogP contribution in [0.5, 0.6) is 0 Å². The summed E-state index contributed by atoms with van der Waals surface area (Å²) in [5.74, 6) is -0.986. The Balaban J connectivity index is 0.000000489. The van der Waals surface area contributed by atoms with Crippen molar-refractivity contribution < 1.29 is 41.9 Å². The van der Waals surface area contributed by atoms with Gasteiger partial charge in [-0.1, -0.05) is 25.7 Å². The molecule has 0 unspecified atom stereocenters. The first-order valence-electron chi connectivity index (χ1n) is 14.7. The first-order chi connectivity index (χ1) is 20.5. The summed E-state index contributed by atoms with van der Waals surface area (Å²) in [5.41, 5.74) is 5.16. The lowest BCUT2D eigenvalue weighted by molar-refractivity contribution is -0.124. The van der Waals surface area contributed by atoms with E-state index in [-0.39, 0.29) is 36.6 Å². The van der Waals surface area contributed by atoms with Gasteiger partial charge in [0.05, 0.1) is 30.9 Å². The summed E-state index contributed by atoms with van der Waals surface area (Å²) in [6, 6.07) is 0.186. The number of ether oxygens (including phenoxy) is 1. The number of aromatic nitrogens is 2. The SMILES string of the molecule is Cc1nc(NNC(=O)[C@@H](CNC(=O)O)CC2CCCC2)c(F)c(N2CCN3CCOC[C@@H]3C2)n1.O=S(=O)(O)CCCCO. The molecule has 0 aromatic carbocycles. The standard InChI is InChI=1S/C22H34FN7O4.C4H10O4S/c1-14-25-19(18(23)20(26-14)30-7-6-29-8-9-34-13-17(29)12-30)27-28-21(31)16(11-24-22(32)33)10-15-4-2-3-5-15;5-3-1-2-4-9(6,7)8/h15-17,24H,2-13H2,1H3,(H,28,31)(H,32,33)(H,25,26,27);5H,1-4H2,(H,6,7,8)/t16-,17+;/m1./s1. The molecule has 1 aromatic heterocycles. The molecule has 43 heavy (non-hydrogen) atoms. The number of amides is 2. The molecule has 1 saturated carbocycles. The normalized spacial score (nSPS) is 20.0. The molecule has 1 aliphatic carbocycles. The van der Waals surface area contributed by atoms with E-state index in [4.69, 9.17) is 19.5 Å². The van der Waals surface area contributed by atoms with Gasteiger partial charge in [0.2, 0.25) is 11.7 Å². The predicted octanol–water partition coefficient (Wildman–Crippen LogP) is 0.999. The van der Waals surface area contributed by atoms with Crippen LogP contribution in [0.15, 0.2) is 0 Å². The van der Waals surface area contributed by atoms with Crippen molar-refractivity contribution in [2.75, 3.05) is 68.6 Å². The van der Waals surface area contributed by atoms with Gasteiger partial charge in [0.1, 0.15) is 5.82 Å². The number of nitrogens with zero attached hydrogens (tertiary/aromatic N) is 4. The fourth-order valence-electron chi connectivity index (χ4n) is 5.54. The lowest BCUT2D eigenvalue weighted by atomic mass is 9.92. The van der Waals surface area contributed by atoms with E-state index in [0.717, 1.165) is 45.4 Å². The summed E-state index contributed by atoms with van der Waals surface area (Å²) in [7, 11) is -3.81. The van der Waals surface area contributed by atoms with Crippen LogP contribution in [0, 0.1) is 24.6 Å². The molecule has 3 aliphatic rings. The highest BCUT2D eigenvalue weighted by atomic mass is 32.2.